The summed E-state index contributed by atoms with van der Waals surface area (Å²) >= 11 is 1.60. The van der Waals surface area contributed by atoms with Crippen molar-refractivity contribution in [3.8, 4) is 0 Å². The van der Waals surface area contributed by atoms with Gasteiger partial charge in [0.2, 0.25) is 0 Å². The summed E-state index contributed by atoms with van der Waals surface area (Å²) in [5, 5.41) is 4.39. The minimum absolute atomic E-state index is 0.300. The third-order valence-electron chi connectivity index (χ3n) is 2.63. The maximum atomic E-state index is 12.9. The van der Waals surface area contributed by atoms with Gasteiger partial charge in [0.15, 0.2) is 0 Å². The van der Waals surface area contributed by atoms with Gasteiger partial charge in [0.25, 0.3) is 0 Å². The zero-order valence-corrected chi connectivity index (χ0v) is 11.3. The van der Waals surface area contributed by atoms with E-state index in [0.29, 0.717) is 5.69 Å². The molecule has 2 N–H and O–H groups in total. The van der Waals surface area contributed by atoms with E-state index in [1.165, 1.54) is 12.1 Å². The van der Waals surface area contributed by atoms with Crippen LogP contribution in [0.1, 0.15) is 18.3 Å². The lowest BCUT2D eigenvalue weighted by molar-refractivity contribution is 0.627. The van der Waals surface area contributed by atoms with Crippen molar-refractivity contribution in [2.75, 3.05) is 5.73 Å². The zero-order chi connectivity index (χ0) is 13.1. The van der Waals surface area contributed by atoms with Crippen LogP contribution in [0.15, 0.2) is 29.2 Å². The summed E-state index contributed by atoms with van der Waals surface area (Å²) in [4.78, 5) is 0.901. The molecule has 1 aromatic carbocycles. The summed E-state index contributed by atoms with van der Waals surface area (Å²) < 4.78 is 14.9. The highest BCUT2D eigenvalue weighted by Gasteiger charge is 2.07. The molecule has 0 saturated heterocycles. The molecule has 2 aromatic rings. The number of benzene rings is 1. The van der Waals surface area contributed by atoms with E-state index in [0.717, 1.165) is 28.6 Å². The van der Waals surface area contributed by atoms with E-state index in [4.69, 9.17) is 5.73 Å². The second kappa shape index (κ2) is 5.44. The Balaban J connectivity index is 2.11. The Morgan fingerprint density at radius 2 is 2.17 bits per heavy atom. The first kappa shape index (κ1) is 13.0. The van der Waals surface area contributed by atoms with Crippen LogP contribution < -0.4 is 5.73 Å². The SMILES string of the molecule is CCn1nc(C)cc1CSc1ccc(F)cc1N. The van der Waals surface area contributed by atoms with Gasteiger partial charge in [-0.25, -0.2) is 4.39 Å². The van der Waals surface area contributed by atoms with E-state index in [9.17, 15) is 4.39 Å². The van der Waals surface area contributed by atoms with Crippen LogP contribution in [-0.4, -0.2) is 9.78 Å². The fourth-order valence-corrected chi connectivity index (χ4v) is 2.72. The summed E-state index contributed by atoms with van der Waals surface area (Å²) in [6.45, 7) is 4.89. The molecule has 0 radical (unpaired) electrons. The molecule has 0 spiro atoms. The predicted molar refractivity (Wildman–Crippen MR) is 73.0 cm³/mol. The molecule has 0 aliphatic rings. The zero-order valence-electron chi connectivity index (χ0n) is 10.5. The maximum Gasteiger partial charge on any atom is 0.125 e. The molecule has 0 bridgehead atoms. The molecular formula is C13H16FN3S. The molecule has 0 atom stereocenters. The molecule has 18 heavy (non-hydrogen) atoms. The fourth-order valence-electron chi connectivity index (χ4n) is 1.79. The Hall–Kier alpha value is -1.49. The Labute approximate surface area is 110 Å². The third kappa shape index (κ3) is 2.85. The minimum Gasteiger partial charge on any atom is -0.398 e. The normalized spacial score (nSPS) is 10.8. The summed E-state index contributed by atoms with van der Waals surface area (Å²) in [6, 6.07) is 6.57. The molecule has 3 nitrogen and oxygen atoms in total. The van der Waals surface area contributed by atoms with Gasteiger partial charge in [0.1, 0.15) is 5.82 Å². The maximum absolute atomic E-state index is 12.9. The number of thioether (sulfide) groups is 1. The number of aromatic nitrogens is 2. The molecule has 0 aliphatic heterocycles. The predicted octanol–water partition coefficient (Wildman–Crippen LogP) is 3.23. The molecular weight excluding hydrogens is 249 g/mol. The summed E-state index contributed by atoms with van der Waals surface area (Å²) in [7, 11) is 0. The molecule has 0 fully saturated rings. The van der Waals surface area contributed by atoms with Crippen molar-refractivity contribution in [2.45, 2.75) is 31.0 Å². The average molecular weight is 265 g/mol. The molecule has 1 aromatic heterocycles. The van der Waals surface area contributed by atoms with Crippen LogP contribution in [-0.2, 0) is 12.3 Å². The van der Waals surface area contributed by atoms with E-state index >= 15 is 0 Å². The number of halogens is 1. The molecule has 0 amide bonds. The second-order valence-electron chi connectivity index (χ2n) is 4.06. The number of nitrogens with zero attached hydrogens (tertiary/aromatic N) is 2. The van der Waals surface area contributed by atoms with Crippen molar-refractivity contribution >= 4 is 17.4 Å². The van der Waals surface area contributed by atoms with Crippen LogP contribution in [0.25, 0.3) is 0 Å². The minimum atomic E-state index is -0.300. The highest BCUT2D eigenvalue weighted by Crippen LogP contribution is 2.28. The van der Waals surface area contributed by atoms with Gasteiger partial charge in [-0.15, -0.1) is 11.8 Å². The van der Waals surface area contributed by atoms with Gasteiger partial charge in [-0.05, 0) is 38.1 Å². The van der Waals surface area contributed by atoms with Crippen molar-refractivity contribution in [1.29, 1.82) is 0 Å². The molecule has 0 unspecified atom stereocenters. The van der Waals surface area contributed by atoms with Crippen LogP contribution in [0.3, 0.4) is 0 Å². The highest BCUT2D eigenvalue weighted by molar-refractivity contribution is 7.98. The summed E-state index contributed by atoms with van der Waals surface area (Å²) in [5.74, 6) is 0.483. The van der Waals surface area contributed by atoms with Crippen LogP contribution in [0.4, 0.5) is 10.1 Å². The second-order valence-corrected chi connectivity index (χ2v) is 5.08. The van der Waals surface area contributed by atoms with Gasteiger partial charge in [-0.3, -0.25) is 4.68 Å². The summed E-state index contributed by atoms with van der Waals surface area (Å²) in [6.07, 6.45) is 0. The Bertz CT molecular complexity index is 551. The van der Waals surface area contributed by atoms with Gasteiger partial charge >= 0.3 is 0 Å². The van der Waals surface area contributed by atoms with E-state index < -0.39 is 0 Å². The molecule has 1 heterocycles. The van der Waals surface area contributed by atoms with E-state index in [2.05, 4.69) is 18.1 Å². The van der Waals surface area contributed by atoms with Crippen LogP contribution in [0, 0.1) is 12.7 Å². The van der Waals surface area contributed by atoms with Gasteiger partial charge in [0.05, 0.1) is 5.69 Å². The smallest absolute Gasteiger partial charge is 0.125 e. The standard InChI is InChI=1S/C13H16FN3S/c1-3-17-11(6-9(2)16-17)8-18-13-5-4-10(14)7-12(13)15/h4-7H,3,8,15H2,1-2H3. The molecule has 0 saturated carbocycles. The van der Waals surface area contributed by atoms with Gasteiger partial charge in [-0.1, -0.05) is 0 Å². The lowest BCUT2D eigenvalue weighted by atomic mass is 10.3. The fraction of sp³-hybridized carbons (Fsp3) is 0.308. The number of aryl methyl sites for hydroxylation is 2. The van der Waals surface area contributed by atoms with Crippen LogP contribution in [0.2, 0.25) is 0 Å². The van der Waals surface area contributed by atoms with Crippen molar-refractivity contribution in [2.24, 2.45) is 0 Å². The molecule has 5 heteroatoms. The number of anilines is 1. The monoisotopic (exact) mass is 265 g/mol. The first-order valence-corrected chi connectivity index (χ1v) is 6.80. The van der Waals surface area contributed by atoms with Crippen molar-refractivity contribution in [1.82, 2.24) is 9.78 Å². The van der Waals surface area contributed by atoms with Crippen LogP contribution in [0.5, 0.6) is 0 Å². The van der Waals surface area contributed by atoms with Crippen molar-refractivity contribution < 1.29 is 4.39 Å². The van der Waals surface area contributed by atoms with E-state index in [1.807, 2.05) is 11.6 Å². The first-order valence-electron chi connectivity index (χ1n) is 5.81. The number of hydrogen-bond donors (Lipinski definition) is 1. The Morgan fingerprint density at radius 3 is 2.83 bits per heavy atom. The Kier molecular flexibility index (Phi) is 3.91. The number of rotatable bonds is 4. The number of nitrogens with two attached hydrogens (primary N) is 1. The molecule has 96 valence electrons. The lowest BCUT2D eigenvalue weighted by Gasteiger charge is -2.06. The van der Waals surface area contributed by atoms with Crippen LogP contribution >= 0.6 is 11.8 Å². The van der Waals surface area contributed by atoms with Gasteiger partial charge < -0.3 is 5.73 Å². The highest BCUT2D eigenvalue weighted by atomic mass is 32.2. The molecule has 2 rings (SSSR count). The largest absolute Gasteiger partial charge is 0.398 e. The van der Waals surface area contributed by atoms with Crippen molar-refractivity contribution in [3.63, 3.8) is 0 Å². The Morgan fingerprint density at radius 1 is 1.39 bits per heavy atom. The van der Waals surface area contributed by atoms with Gasteiger partial charge in [-0.2, -0.15) is 5.10 Å². The van der Waals surface area contributed by atoms with Gasteiger partial charge in [0, 0.05) is 28.6 Å². The topological polar surface area (TPSA) is 43.8 Å². The van der Waals surface area contributed by atoms with E-state index in [1.54, 1.807) is 17.8 Å². The lowest BCUT2D eigenvalue weighted by Crippen LogP contribution is -2.01. The molecule has 0 aliphatic carbocycles. The average Bonchev–Trinajstić information content (AvgIpc) is 2.68. The summed E-state index contributed by atoms with van der Waals surface area (Å²) in [5.41, 5.74) is 8.43. The quantitative estimate of drug-likeness (QED) is 0.682. The van der Waals surface area contributed by atoms with E-state index in [-0.39, 0.29) is 5.82 Å². The number of hydrogen-bond acceptors (Lipinski definition) is 3. The number of nitrogen functional groups attached to an aromatic ring is 1. The third-order valence-corrected chi connectivity index (χ3v) is 3.76. The van der Waals surface area contributed by atoms with Crippen molar-refractivity contribution in [3.05, 3.63) is 41.5 Å². The first-order chi connectivity index (χ1) is 8.60.